The van der Waals surface area contributed by atoms with E-state index in [4.69, 9.17) is 0 Å². The molecule has 0 aromatic carbocycles. The van der Waals surface area contributed by atoms with E-state index in [-0.39, 0.29) is 0 Å². The predicted molar refractivity (Wildman–Crippen MR) is 113 cm³/mol. The third-order valence-electron chi connectivity index (χ3n) is 4.27. The zero-order chi connectivity index (χ0) is 15.3. The van der Waals surface area contributed by atoms with Crippen molar-refractivity contribution >= 4 is 38.0 Å². The van der Waals surface area contributed by atoms with Gasteiger partial charge in [-0.05, 0) is 0 Å². The summed E-state index contributed by atoms with van der Waals surface area (Å²) in [6.45, 7) is 9.66. The van der Waals surface area contributed by atoms with Gasteiger partial charge in [0.05, 0.1) is 0 Å². The number of hydrogen-bond acceptors (Lipinski definition) is 1. The van der Waals surface area contributed by atoms with Crippen LogP contribution in [0.25, 0.3) is 0 Å². The molecule has 0 nitrogen and oxygen atoms in total. The van der Waals surface area contributed by atoms with Gasteiger partial charge in [-0.3, -0.25) is 0 Å². The van der Waals surface area contributed by atoms with E-state index in [1.54, 1.807) is 0 Å². The number of rotatable bonds is 14. The van der Waals surface area contributed by atoms with E-state index in [9.17, 15) is 0 Å². The molecule has 124 valence electrons. The van der Waals surface area contributed by atoms with Crippen molar-refractivity contribution in [3.8, 4) is 0 Å². The zero-order valence-corrected chi connectivity index (χ0v) is 18.3. The van der Waals surface area contributed by atoms with Crippen LogP contribution in [0.5, 0.6) is 0 Å². The van der Waals surface area contributed by atoms with Crippen LogP contribution in [0.15, 0.2) is 0 Å². The average molecular weight is 432 g/mol. The summed E-state index contributed by atoms with van der Waals surface area (Å²) in [7, 11) is 0. The Bertz CT molecular complexity index is 219. The quantitative estimate of drug-likeness (QED) is 0.156. The first-order chi connectivity index (χ1) is 9.46. The summed E-state index contributed by atoms with van der Waals surface area (Å²) in [6, 6.07) is 0. The fourth-order valence-corrected chi connectivity index (χ4v) is 12.6. The molecule has 20 heavy (non-hydrogen) atoms. The molecule has 0 N–H and O–H groups in total. The first kappa shape index (κ1) is 21.5. The molecule has 0 aliphatic rings. The Balaban J connectivity index is 4.03. The number of unbranched alkanes of at least 4 members (excludes halogenated alkanes) is 5. The normalized spacial score (nSPS) is 14.2. The van der Waals surface area contributed by atoms with Gasteiger partial charge < -0.3 is 0 Å². The molecule has 0 unspecified atom stereocenters. The van der Waals surface area contributed by atoms with Gasteiger partial charge in [-0.1, -0.05) is 0 Å². The van der Waals surface area contributed by atoms with Crippen molar-refractivity contribution in [2.45, 2.75) is 72.1 Å². The van der Waals surface area contributed by atoms with Crippen molar-refractivity contribution in [3.63, 3.8) is 0 Å². The van der Waals surface area contributed by atoms with Gasteiger partial charge in [0, 0.05) is 0 Å². The SMILES string of the molecule is CCCCCCSCCP(C)(I)(CCCC)CCCC. The Kier molecular flexibility index (Phi) is 12.9. The van der Waals surface area contributed by atoms with Crippen LogP contribution < -0.4 is 0 Å². The molecule has 0 aliphatic heterocycles. The van der Waals surface area contributed by atoms with Crippen molar-refractivity contribution < 1.29 is 0 Å². The Labute approximate surface area is 146 Å². The van der Waals surface area contributed by atoms with Gasteiger partial charge >= 0.3 is 147 Å². The summed E-state index contributed by atoms with van der Waals surface area (Å²) in [5, 5.41) is 0. The molecular formula is C17H38IPS. The van der Waals surface area contributed by atoms with Crippen LogP contribution in [0.2, 0.25) is 0 Å². The maximum atomic E-state index is 2.95. The van der Waals surface area contributed by atoms with Crippen LogP contribution in [0.4, 0.5) is 0 Å². The molecule has 0 aromatic rings. The van der Waals surface area contributed by atoms with Crippen LogP contribution in [0.1, 0.15) is 72.1 Å². The van der Waals surface area contributed by atoms with E-state index in [2.05, 4.69) is 61.2 Å². The van der Waals surface area contributed by atoms with Crippen molar-refractivity contribution in [1.29, 1.82) is 0 Å². The summed E-state index contributed by atoms with van der Waals surface area (Å²) in [5.74, 6) is 2.81. The summed E-state index contributed by atoms with van der Waals surface area (Å²) >= 11 is 5.17. The third-order valence-corrected chi connectivity index (χ3v) is 14.6. The maximum absolute atomic E-state index is 2.95. The molecule has 0 amide bonds. The monoisotopic (exact) mass is 432 g/mol. The standard InChI is InChI=1S/C17H38IPS/c1-5-8-11-12-16-20-17-15-19(4,18,13-9-6-2)14-10-7-3/h5-17H2,1-4H3. The Morgan fingerprint density at radius 2 is 1.25 bits per heavy atom. The van der Waals surface area contributed by atoms with E-state index in [0.29, 0.717) is 0 Å². The molecule has 0 radical (unpaired) electrons. The van der Waals surface area contributed by atoms with Gasteiger partial charge in [-0.15, -0.1) is 0 Å². The number of halogens is 1. The molecule has 0 spiro atoms. The topological polar surface area (TPSA) is 0 Å². The van der Waals surface area contributed by atoms with Gasteiger partial charge in [-0.25, -0.2) is 0 Å². The summed E-state index contributed by atoms with van der Waals surface area (Å²) < 4.78 is -1.39. The predicted octanol–water partition coefficient (Wildman–Crippen LogP) is 7.43. The summed E-state index contributed by atoms with van der Waals surface area (Å²) in [4.78, 5) is 0. The second kappa shape index (κ2) is 12.0. The van der Waals surface area contributed by atoms with Crippen molar-refractivity contribution in [3.05, 3.63) is 0 Å². The molecule has 0 fully saturated rings. The molecule has 0 saturated heterocycles. The van der Waals surface area contributed by atoms with E-state index >= 15 is 0 Å². The third kappa shape index (κ3) is 11.1. The van der Waals surface area contributed by atoms with Crippen molar-refractivity contribution in [2.75, 3.05) is 36.7 Å². The average Bonchev–Trinajstić information content (AvgIpc) is 2.43. The number of hydrogen-bond donors (Lipinski definition) is 0. The number of thioether (sulfide) groups is 1. The Morgan fingerprint density at radius 1 is 0.700 bits per heavy atom. The van der Waals surface area contributed by atoms with Crippen LogP contribution in [-0.2, 0) is 0 Å². The molecule has 3 heteroatoms. The van der Waals surface area contributed by atoms with E-state index in [1.807, 2.05) is 0 Å². The fourth-order valence-electron chi connectivity index (χ4n) is 2.59. The minimum atomic E-state index is -1.39. The Hall–Kier alpha value is 1.51. The van der Waals surface area contributed by atoms with Crippen LogP contribution in [0.3, 0.4) is 0 Å². The second-order valence-electron chi connectivity index (χ2n) is 6.70. The molecule has 0 bridgehead atoms. The van der Waals surface area contributed by atoms with Crippen LogP contribution >= 0.6 is 38.0 Å². The minimum absolute atomic E-state index is 1.36. The molecule has 0 atom stereocenters. The second-order valence-corrected chi connectivity index (χ2v) is 22.6. The molecule has 0 aliphatic carbocycles. The molecule has 0 heterocycles. The molecule has 0 saturated carbocycles. The summed E-state index contributed by atoms with van der Waals surface area (Å²) in [5.41, 5.74) is 0. The summed E-state index contributed by atoms with van der Waals surface area (Å²) in [6.07, 6.45) is 15.9. The molecular weight excluding hydrogens is 394 g/mol. The first-order valence-electron chi connectivity index (χ1n) is 8.76. The van der Waals surface area contributed by atoms with Gasteiger partial charge in [0.2, 0.25) is 0 Å². The fraction of sp³-hybridized carbons (Fsp3) is 1.00. The zero-order valence-electron chi connectivity index (χ0n) is 14.4. The first-order valence-corrected chi connectivity index (χ1v) is 15.9. The van der Waals surface area contributed by atoms with Crippen LogP contribution in [-0.4, -0.2) is 36.7 Å². The van der Waals surface area contributed by atoms with Crippen LogP contribution in [0, 0.1) is 0 Å². The van der Waals surface area contributed by atoms with E-state index in [0.717, 1.165) is 0 Å². The van der Waals surface area contributed by atoms with Gasteiger partial charge in [0.15, 0.2) is 0 Å². The van der Waals surface area contributed by atoms with Gasteiger partial charge in [0.1, 0.15) is 0 Å². The molecule has 0 aromatic heterocycles. The Morgan fingerprint density at radius 3 is 1.75 bits per heavy atom. The van der Waals surface area contributed by atoms with E-state index < -0.39 is 4.25 Å². The van der Waals surface area contributed by atoms with Crippen molar-refractivity contribution in [1.82, 2.24) is 0 Å². The van der Waals surface area contributed by atoms with Crippen molar-refractivity contribution in [2.24, 2.45) is 0 Å². The molecule has 0 rings (SSSR count). The van der Waals surface area contributed by atoms with Gasteiger partial charge in [-0.2, -0.15) is 0 Å². The van der Waals surface area contributed by atoms with Gasteiger partial charge in [0.25, 0.3) is 0 Å². The van der Waals surface area contributed by atoms with E-state index in [1.165, 1.54) is 81.4 Å².